The van der Waals surface area contributed by atoms with Gasteiger partial charge in [-0.2, -0.15) is 0 Å². The van der Waals surface area contributed by atoms with Gasteiger partial charge in [0.15, 0.2) is 11.5 Å². The Morgan fingerprint density at radius 2 is 1.84 bits per heavy atom. The van der Waals surface area contributed by atoms with Crippen LogP contribution in [-0.4, -0.2) is 22.8 Å². The number of rotatable bonds is 6. The van der Waals surface area contributed by atoms with Gasteiger partial charge in [0.25, 0.3) is 0 Å². The molecule has 0 aliphatic heterocycles. The number of ether oxygens (including phenoxy) is 2. The molecule has 3 nitrogen and oxygen atoms in total. The molecule has 0 saturated carbocycles. The highest BCUT2D eigenvalue weighted by Crippen LogP contribution is 2.31. The summed E-state index contributed by atoms with van der Waals surface area (Å²) >= 11 is 6.92. The van der Waals surface area contributed by atoms with Crippen molar-refractivity contribution in [1.82, 2.24) is 0 Å². The Hall–Kier alpha value is -0.940. The summed E-state index contributed by atoms with van der Waals surface area (Å²) in [5.41, 5.74) is 0.921. The van der Waals surface area contributed by atoms with Gasteiger partial charge in [-0.15, -0.1) is 0 Å². The predicted molar refractivity (Wildman–Crippen MR) is 87.7 cm³/mol. The first kappa shape index (κ1) is 16.1. The van der Waals surface area contributed by atoms with Crippen molar-refractivity contribution in [2.24, 2.45) is 0 Å². The van der Waals surface area contributed by atoms with Gasteiger partial charge in [-0.25, -0.2) is 0 Å². The van der Waals surface area contributed by atoms with E-state index in [9.17, 15) is 0 Å². The zero-order chi connectivity index (χ0) is 14.3. The van der Waals surface area contributed by atoms with Crippen LogP contribution >= 0.6 is 24.0 Å². The fraction of sp³-hybridized carbons (Fsp3) is 0.500. The van der Waals surface area contributed by atoms with Crippen LogP contribution < -0.4 is 14.8 Å². The van der Waals surface area contributed by atoms with Crippen LogP contribution in [-0.2, 0) is 0 Å². The van der Waals surface area contributed by atoms with Crippen LogP contribution in [0.3, 0.4) is 0 Å². The molecule has 0 fully saturated rings. The highest BCUT2D eigenvalue weighted by atomic mass is 32.2. The molecule has 0 aliphatic carbocycles. The van der Waals surface area contributed by atoms with E-state index in [1.165, 1.54) is 0 Å². The van der Waals surface area contributed by atoms with Crippen LogP contribution in [0, 0.1) is 0 Å². The van der Waals surface area contributed by atoms with E-state index in [1.807, 2.05) is 32.0 Å². The lowest BCUT2D eigenvalue weighted by molar-refractivity contribution is 0.288. The summed E-state index contributed by atoms with van der Waals surface area (Å²) in [7, 11) is 0. The number of hydrogen-bond acceptors (Lipinski definition) is 4. The van der Waals surface area contributed by atoms with Gasteiger partial charge in [0, 0.05) is 17.0 Å². The number of thiocarbonyl (C=S) groups is 1. The fourth-order valence-corrected chi connectivity index (χ4v) is 2.79. The minimum absolute atomic E-state index is 0.467. The van der Waals surface area contributed by atoms with Crippen LogP contribution in [0.1, 0.15) is 27.7 Å². The summed E-state index contributed by atoms with van der Waals surface area (Å²) < 4.78 is 11.9. The largest absolute Gasteiger partial charge is 0.490 e. The van der Waals surface area contributed by atoms with Crippen molar-refractivity contribution in [3.63, 3.8) is 0 Å². The van der Waals surface area contributed by atoms with Gasteiger partial charge < -0.3 is 14.8 Å². The van der Waals surface area contributed by atoms with E-state index in [0.717, 1.165) is 21.5 Å². The molecule has 1 aromatic carbocycles. The molecule has 0 aromatic heterocycles. The van der Waals surface area contributed by atoms with Gasteiger partial charge in [-0.1, -0.05) is 37.8 Å². The average Bonchev–Trinajstić information content (AvgIpc) is 2.32. The molecule has 0 saturated heterocycles. The topological polar surface area (TPSA) is 30.5 Å². The summed E-state index contributed by atoms with van der Waals surface area (Å²) in [6, 6.07) is 5.77. The molecule has 106 valence electrons. The summed E-state index contributed by atoms with van der Waals surface area (Å²) in [5.74, 6) is 1.50. The van der Waals surface area contributed by atoms with E-state index in [2.05, 4.69) is 19.2 Å². The molecule has 0 amide bonds. The molecule has 1 rings (SSSR count). The Morgan fingerprint density at radius 3 is 2.42 bits per heavy atom. The highest BCUT2D eigenvalue weighted by molar-refractivity contribution is 8.23. The van der Waals surface area contributed by atoms with Gasteiger partial charge in [0.1, 0.15) is 4.32 Å². The van der Waals surface area contributed by atoms with Crippen molar-refractivity contribution in [3.05, 3.63) is 18.2 Å². The second-order valence-corrected chi connectivity index (χ2v) is 6.36. The molecular weight excluding hydrogens is 278 g/mol. The molecule has 0 heterocycles. The van der Waals surface area contributed by atoms with Crippen molar-refractivity contribution < 1.29 is 9.47 Å². The van der Waals surface area contributed by atoms with Crippen LogP contribution in [0.15, 0.2) is 18.2 Å². The Balaban J connectivity index is 2.79. The van der Waals surface area contributed by atoms with E-state index in [1.54, 1.807) is 11.8 Å². The Morgan fingerprint density at radius 1 is 1.21 bits per heavy atom. The van der Waals surface area contributed by atoms with E-state index in [4.69, 9.17) is 21.7 Å². The number of benzene rings is 1. The molecule has 0 atom stereocenters. The summed E-state index contributed by atoms with van der Waals surface area (Å²) in [6.45, 7) is 9.36. The van der Waals surface area contributed by atoms with Crippen molar-refractivity contribution in [2.45, 2.75) is 32.9 Å². The molecule has 0 radical (unpaired) electrons. The lowest BCUT2D eigenvalue weighted by Crippen LogP contribution is -2.08. The molecular formula is C14H21NO2S2. The normalized spacial score (nSPS) is 10.4. The van der Waals surface area contributed by atoms with E-state index in [-0.39, 0.29) is 0 Å². The number of anilines is 1. The van der Waals surface area contributed by atoms with E-state index in [0.29, 0.717) is 18.5 Å². The van der Waals surface area contributed by atoms with Crippen LogP contribution in [0.2, 0.25) is 0 Å². The van der Waals surface area contributed by atoms with Gasteiger partial charge in [-0.3, -0.25) is 0 Å². The molecule has 5 heteroatoms. The lowest BCUT2D eigenvalue weighted by Gasteiger charge is -2.14. The number of thioether (sulfide) groups is 1. The Kier molecular flexibility index (Phi) is 7.02. The van der Waals surface area contributed by atoms with Gasteiger partial charge in [-0.05, 0) is 26.0 Å². The predicted octanol–water partition coefficient (Wildman–Crippen LogP) is 4.32. The maximum atomic E-state index is 5.58. The third kappa shape index (κ3) is 5.70. The smallest absolute Gasteiger partial charge is 0.163 e. The van der Waals surface area contributed by atoms with Crippen molar-refractivity contribution >= 4 is 34.0 Å². The van der Waals surface area contributed by atoms with Crippen LogP contribution in [0.5, 0.6) is 11.5 Å². The molecule has 1 aromatic rings. The number of hydrogen-bond donors (Lipinski definition) is 1. The monoisotopic (exact) mass is 299 g/mol. The zero-order valence-corrected chi connectivity index (χ0v) is 13.5. The Labute approximate surface area is 125 Å². The van der Waals surface area contributed by atoms with E-state index < -0.39 is 0 Å². The second kappa shape index (κ2) is 8.27. The quantitative estimate of drug-likeness (QED) is 0.790. The molecule has 19 heavy (non-hydrogen) atoms. The van der Waals surface area contributed by atoms with Crippen molar-refractivity contribution in [1.29, 1.82) is 0 Å². The fourth-order valence-electron chi connectivity index (χ4n) is 1.49. The SMILES string of the molecule is CCOc1ccc(NC(=S)SC(C)C)cc1OCC. The lowest BCUT2D eigenvalue weighted by atomic mass is 10.3. The first-order valence-electron chi connectivity index (χ1n) is 6.44. The van der Waals surface area contributed by atoms with Crippen molar-refractivity contribution in [2.75, 3.05) is 18.5 Å². The highest BCUT2D eigenvalue weighted by Gasteiger charge is 2.08. The third-order valence-corrected chi connectivity index (χ3v) is 3.31. The van der Waals surface area contributed by atoms with E-state index >= 15 is 0 Å². The maximum absolute atomic E-state index is 5.58. The molecule has 0 spiro atoms. The minimum atomic E-state index is 0.467. The first-order valence-corrected chi connectivity index (χ1v) is 7.72. The summed E-state index contributed by atoms with van der Waals surface area (Å²) in [5, 5.41) is 3.67. The Bertz CT molecular complexity index is 422. The van der Waals surface area contributed by atoms with Gasteiger partial charge in [0.05, 0.1) is 13.2 Å². The standard InChI is InChI=1S/C14H21NO2S2/c1-5-16-12-8-7-11(9-13(12)17-6-2)15-14(18)19-10(3)4/h7-10H,5-6H2,1-4H3,(H,15,18). The van der Waals surface area contributed by atoms with Gasteiger partial charge in [0.2, 0.25) is 0 Å². The number of nitrogens with one attached hydrogen (secondary N) is 1. The maximum Gasteiger partial charge on any atom is 0.163 e. The second-order valence-electron chi connectivity index (χ2n) is 4.11. The summed E-state index contributed by atoms with van der Waals surface area (Å²) in [6.07, 6.45) is 0. The molecule has 0 bridgehead atoms. The first-order chi connectivity index (χ1) is 9.06. The average molecular weight is 299 g/mol. The van der Waals surface area contributed by atoms with Gasteiger partial charge >= 0.3 is 0 Å². The third-order valence-electron chi connectivity index (χ3n) is 2.13. The minimum Gasteiger partial charge on any atom is -0.490 e. The van der Waals surface area contributed by atoms with Crippen molar-refractivity contribution in [3.8, 4) is 11.5 Å². The van der Waals surface area contributed by atoms with Crippen LogP contribution in [0.25, 0.3) is 0 Å². The molecule has 0 unspecified atom stereocenters. The molecule has 0 aliphatic rings. The molecule has 1 N–H and O–H groups in total. The summed E-state index contributed by atoms with van der Waals surface area (Å²) in [4.78, 5) is 0. The zero-order valence-electron chi connectivity index (χ0n) is 11.9. The van der Waals surface area contributed by atoms with Crippen LogP contribution in [0.4, 0.5) is 5.69 Å².